The molecular weight excluding hydrogens is 675 g/mol. The zero-order chi connectivity index (χ0) is 30.7. The van der Waals surface area contributed by atoms with Crippen molar-refractivity contribution in [3.63, 3.8) is 0 Å². The summed E-state index contributed by atoms with van der Waals surface area (Å²) in [6, 6.07) is 13.6. The molecule has 2 aromatic carbocycles. The van der Waals surface area contributed by atoms with E-state index in [1.54, 1.807) is 12.1 Å². The average Bonchev–Trinajstić information content (AvgIpc) is 3.35. The van der Waals surface area contributed by atoms with Crippen LogP contribution in [0.1, 0.15) is 51.6 Å². The fourth-order valence-corrected chi connectivity index (χ4v) is 7.72. The van der Waals surface area contributed by atoms with Gasteiger partial charge < -0.3 is 24.7 Å². The second kappa shape index (κ2) is 13.3. The quantitative estimate of drug-likeness (QED) is 0.119. The molecule has 2 N–H and O–H groups in total. The molecule has 0 spiro atoms. The Hall–Kier alpha value is -2.46. The van der Waals surface area contributed by atoms with Crippen LogP contribution in [-0.4, -0.2) is 73.2 Å². The van der Waals surface area contributed by atoms with Gasteiger partial charge >= 0.3 is 0 Å². The number of nitrogens with one attached hydrogen (secondary N) is 2. The van der Waals surface area contributed by atoms with Crippen LogP contribution in [0.4, 0.5) is 11.4 Å². The second-order valence-corrected chi connectivity index (χ2v) is 16.0. The van der Waals surface area contributed by atoms with Crippen molar-refractivity contribution in [3.8, 4) is 17.6 Å². The van der Waals surface area contributed by atoms with Gasteiger partial charge in [-0.2, -0.15) is 0 Å². The van der Waals surface area contributed by atoms with Crippen molar-refractivity contribution >= 4 is 54.7 Å². The molecule has 1 aliphatic heterocycles. The number of aryl methyl sites for hydroxylation is 1. The van der Waals surface area contributed by atoms with Crippen LogP contribution in [0.3, 0.4) is 0 Å². The van der Waals surface area contributed by atoms with Gasteiger partial charge in [0.05, 0.1) is 52.2 Å². The van der Waals surface area contributed by atoms with Gasteiger partial charge in [0.25, 0.3) is 0 Å². The number of anilines is 2. The van der Waals surface area contributed by atoms with E-state index in [9.17, 15) is 8.42 Å². The molecule has 1 saturated heterocycles. The number of morpholine rings is 1. The molecule has 10 heteroatoms. The number of hydrogen-bond acceptors (Lipinski definition) is 7. The number of sulfone groups is 1. The van der Waals surface area contributed by atoms with Gasteiger partial charge in [0, 0.05) is 48.6 Å². The maximum atomic E-state index is 11.9. The Balaban J connectivity index is 1.32. The number of aromatic nitrogens is 1. The first-order chi connectivity index (χ1) is 20.5. The minimum absolute atomic E-state index is 0.00612. The summed E-state index contributed by atoms with van der Waals surface area (Å²) in [4.78, 5) is 2.86. The summed E-state index contributed by atoms with van der Waals surface area (Å²) in [6.07, 6.45) is 6.76. The van der Waals surface area contributed by atoms with E-state index >= 15 is 0 Å². The number of ether oxygens (including phenoxy) is 2. The summed E-state index contributed by atoms with van der Waals surface area (Å²) in [6.45, 7) is 9.65. The summed E-state index contributed by atoms with van der Waals surface area (Å²) in [7, 11) is -1.78. The third kappa shape index (κ3) is 7.27. The molecule has 0 radical (unpaired) electrons. The lowest BCUT2D eigenvalue weighted by atomic mass is 9.79. The van der Waals surface area contributed by atoms with Gasteiger partial charge in [0.2, 0.25) is 0 Å². The average molecular weight is 719 g/mol. The number of halogens is 1. The molecule has 0 amide bonds. The van der Waals surface area contributed by atoms with E-state index in [-0.39, 0.29) is 14.0 Å². The summed E-state index contributed by atoms with van der Waals surface area (Å²) < 4.78 is 37.2. The van der Waals surface area contributed by atoms with E-state index in [0.29, 0.717) is 18.0 Å². The molecular formula is C33H43IN4O4S. The lowest BCUT2D eigenvalue weighted by molar-refractivity contribution is -0.0311. The molecule has 8 nitrogen and oxygen atoms in total. The van der Waals surface area contributed by atoms with E-state index in [2.05, 4.69) is 92.6 Å². The van der Waals surface area contributed by atoms with E-state index in [1.807, 2.05) is 0 Å². The van der Waals surface area contributed by atoms with Gasteiger partial charge in [-0.3, -0.25) is 4.90 Å². The summed E-state index contributed by atoms with van der Waals surface area (Å²) >= 11 is 2.65. The van der Waals surface area contributed by atoms with Crippen LogP contribution >= 0.6 is 22.6 Å². The van der Waals surface area contributed by atoms with Crippen LogP contribution in [-0.2, 0) is 21.1 Å². The highest BCUT2D eigenvalue weighted by atomic mass is 127. The number of hydrogen-bond donors (Lipinski definition) is 2. The third-order valence-corrected chi connectivity index (χ3v) is 11.3. The molecule has 0 bridgehead atoms. The maximum absolute atomic E-state index is 11.9. The Kier molecular flexibility index (Phi) is 9.86. The van der Waals surface area contributed by atoms with Crippen LogP contribution in [0.5, 0.6) is 5.75 Å². The summed E-state index contributed by atoms with van der Waals surface area (Å²) in [5.74, 6) is 7.12. The summed E-state index contributed by atoms with van der Waals surface area (Å²) in [5.41, 5.74) is 4.28. The minimum Gasteiger partial charge on any atom is -0.495 e. The van der Waals surface area contributed by atoms with E-state index < -0.39 is 9.84 Å². The molecule has 1 aliphatic carbocycles. The largest absolute Gasteiger partial charge is 0.495 e. The van der Waals surface area contributed by atoms with Crippen LogP contribution in [0.15, 0.2) is 47.4 Å². The Morgan fingerprint density at radius 2 is 1.81 bits per heavy atom. The molecule has 2 heterocycles. The first kappa shape index (κ1) is 31.9. The number of methoxy groups -OCH3 is 1. The first-order valence-electron chi connectivity index (χ1n) is 15.1. The van der Waals surface area contributed by atoms with E-state index in [0.717, 1.165) is 63.5 Å². The highest BCUT2D eigenvalue weighted by Crippen LogP contribution is 2.45. The van der Waals surface area contributed by atoms with Crippen LogP contribution in [0.25, 0.3) is 10.9 Å². The molecule has 1 saturated carbocycles. The molecule has 2 fully saturated rings. The van der Waals surface area contributed by atoms with E-state index in [1.165, 1.54) is 43.2 Å². The van der Waals surface area contributed by atoms with Crippen molar-refractivity contribution in [1.82, 2.24) is 9.47 Å². The molecule has 0 atom stereocenters. The Bertz CT molecular complexity index is 1610. The summed E-state index contributed by atoms with van der Waals surface area (Å²) in [5, 5.41) is 8.42. The standard InChI is InChI=1S/C33H43IN4O4S/c1-5-18-38-25(8-7-17-35-29-12-11-26(43(4,39)40)24-31(29)41-3)23-27-28(9-6-10-30(27)38)36-33(34)15-13-32(2,14-16-33)37-19-21-42-22-20-37/h6,9-12,23-24,35-36H,5,13-22H2,1-4H3. The van der Waals surface area contributed by atoms with Gasteiger partial charge in [-0.1, -0.05) is 41.5 Å². The number of alkyl halides is 1. The lowest BCUT2D eigenvalue weighted by Gasteiger charge is -2.49. The highest BCUT2D eigenvalue weighted by molar-refractivity contribution is 14.1. The fourth-order valence-electron chi connectivity index (χ4n) is 6.25. The SMILES string of the molecule is CCCn1c(C#CCNc2ccc(S(C)(=O)=O)cc2OC)cc2c(NC3(I)CCC(C)(N4CCOCC4)CC3)cccc21. The van der Waals surface area contributed by atoms with Gasteiger partial charge in [-0.25, -0.2) is 8.42 Å². The Morgan fingerprint density at radius 1 is 1.07 bits per heavy atom. The third-order valence-electron chi connectivity index (χ3n) is 8.83. The van der Waals surface area contributed by atoms with Gasteiger partial charge in [0.1, 0.15) is 5.75 Å². The monoisotopic (exact) mass is 718 g/mol. The molecule has 1 aromatic heterocycles. The topological polar surface area (TPSA) is 84.8 Å². The number of rotatable bonds is 9. The van der Waals surface area contributed by atoms with Crippen molar-refractivity contribution < 1.29 is 17.9 Å². The van der Waals surface area contributed by atoms with Gasteiger partial charge in [-0.05, 0) is 75.3 Å². The zero-order valence-electron chi connectivity index (χ0n) is 25.6. The smallest absolute Gasteiger partial charge is 0.175 e. The van der Waals surface area contributed by atoms with Gasteiger partial charge in [0.15, 0.2) is 9.84 Å². The lowest BCUT2D eigenvalue weighted by Crippen LogP contribution is -2.55. The van der Waals surface area contributed by atoms with Crippen LogP contribution in [0.2, 0.25) is 0 Å². The Morgan fingerprint density at radius 3 is 2.49 bits per heavy atom. The highest BCUT2D eigenvalue weighted by Gasteiger charge is 2.42. The Labute approximate surface area is 269 Å². The molecule has 43 heavy (non-hydrogen) atoms. The normalized spacial score (nSPS) is 23.0. The van der Waals surface area contributed by atoms with Crippen molar-refractivity contribution in [2.75, 3.05) is 56.8 Å². The molecule has 3 aromatic rings. The van der Waals surface area contributed by atoms with Crippen molar-refractivity contribution in [2.24, 2.45) is 0 Å². The van der Waals surface area contributed by atoms with Crippen molar-refractivity contribution in [1.29, 1.82) is 0 Å². The predicted octanol–water partition coefficient (Wildman–Crippen LogP) is 6.14. The number of benzene rings is 2. The van der Waals surface area contributed by atoms with Gasteiger partial charge in [-0.15, -0.1) is 0 Å². The first-order valence-corrected chi connectivity index (χ1v) is 18.1. The number of nitrogens with zero attached hydrogens (tertiary/aromatic N) is 2. The van der Waals surface area contributed by atoms with Crippen molar-refractivity contribution in [3.05, 3.63) is 48.2 Å². The molecule has 5 rings (SSSR count). The molecule has 0 unspecified atom stereocenters. The van der Waals surface area contributed by atoms with Crippen LogP contribution < -0.4 is 15.4 Å². The van der Waals surface area contributed by atoms with Crippen molar-refractivity contribution in [2.45, 2.75) is 66.5 Å². The fraction of sp³-hybridized carbons (Fsp3) is 0.515. The minimum atomic E-state index is -3.31. The van der Waals surface area contributed by atoms with Crippen LogP contribution in [0, 0.1) is 11.8 Å². The maximum Gasteiger partial charge on any atom is 0.175 e. The second-order valence-electron chi connectivity index (χ2n) is 11.9. The molecule has 232 valence electrons. The zero-order valence-corrected chi connectivity index (χ0v) is 28.6. The van der Waals surface area contributed by atoms with E-state index in [4.69, 9.17) is 9.47 Å². The predicted molar refractivity (Wildman–Crippen MR) is 183 cm³/mol. The molecule has 2 aliphatic rings. The number of fused-ring (bicyclic) bond motifs is 1.